The Morgan fingerprint density at radius 3 is 2.50 bits per heavy atom. The number of hydrogen-bond acceptors (Lipinski definition) is 6. The van der Waals surface area contributed by atoms with Crippen LogP contribution in [-0.4, -0.2) is 79.8 Å². The Morgan fingerprint density at radius 2 is 1.81 bits per heavy atom. The van der Waals surface area contributed by atoms with Gasteiger partial charge < -0.3 is 0 Å². The summed E-state index contributed by atoms with van der Waals surface area (Å²) in [6.45, 7) is 6.74. The van der Waals surface area contributed by atoms with E-state index in [4.69, 9.17) is 4.55 Å². The maximum absolute atomic E-state index is 12.1. The quantitative estimate of drug-likeness (QED) is 0.214. The topological polar surface area (TPSA) is 144 Å². The molecule has 0 aromatic rings. The molecule has 36 heavy (non-hydrogen) atoms. The molecule has 10 heteroatoms. The Morgan fingerprint density at radius 1 is 1.08 bits per heavy atom. The number of rotatable bonds is 8. The number of nitrogens with one attached hydrogen (secondary N) is 1. The summed E-state index contributed by atoms with van der Waals surface area (Å²) in [5, 5.41) is 37.2. The zero-order valence-corrected chi connectivity index (χ0v) is 24.3. The van der Waals surface area contributed by atoms with Gasteiger partial charge in [0.25, 0.3) is 0 Å². The third-order valence-electron chi connectivity index (χ3n) is 10.8. The van der Waals surface area contributed by atoms with Gasteiger partial charge in [-0.25, -0.2) is 0 Å². The van der Waals surface area contributed by atoms with Gasteiger partial charge in [-0.2, -0.15) is 0 Å². The van der Waals surface area contributed by atoms with Gasteiger partial charge in [0.15, 0.2) is 0 Å². The monoisotopic (exact) mass is 595 g/mol. The van der Waals surface area contributed by atoms with E-state index >= 15 is 0 Å². The zero-order valence-electron chi connectivity index (χ0n) is 21.8. The van der Waals surface area contributed by atoms with Crippen LogP contribution in [-0.2, 0) is 14.9 Å². The fourth-order valence-electron chi connectivity index (χ4n) is 8.96. The molecular weight excluding hydrogens is 549 g/mol. The minimum atomic E-state index is -4.08. The summed E-state index contributed by atoms with van der Waals surface area (Å²) >= 11 is 0.0617. The van der Waals surface area contributed by atoms with Crippen LogP contribution < -0.4 is 5.32 Å². The SMILES string of the molecule is CC(C[Se]CC(=O)NCCS(=O)(=O)O)C1CCC2C3C(O)CC4CC(O)CCC4(C)C3CC(O)C12C. The molecule has 0 aliphatic heterocycles. The van der Waals surface area contributed by atoms with Crippen LogP contribution in [0.3, 0.4) is 0 Å². The van der Waals surface area contributed by atoms with Crippen molar-refractivity contribution in [1.29, 1.82) is 0 Å². The molecule has 11 unspecified atom stereocenters. The number of amides is 1. The predicted molar refractivity (Wildman–Crippen MR) is 138 cm³/mol. The van der Waals surface area contributed by atoms with Crippen LogP contribution in [0.1, 0.15) is 65.7 Å². The van der Waals surface area contributed by atoms with Crippen LogP contribution in [0.4, 0.5) is 0 Å². The van der Waals surface area contributed by atoms with Gasteiger partial charge in [0, 0.05) is 0 Å². The third kappa shape index (κ3) is 5.43. The third-order valence-corrected chi connectivity index (χ3v) is 14.1. The van der Waals surface area contributed by atoms with Crippen LogP contribution in [0.15, 0.2) is 0 Å². The van der Waals surface area contributed by atoms with Gasteiger partial charge in [-0.1, -0.05) is 0 Å². The molecule has 208 valence electrons. The van der Waals surface area contributed by atoms with Crippen molar-refractivity contribution in [2.45, 2.75) is 94.7 Å². The van der Waals surface area contributed by atoms with Gasteiger partial charge in [-0.15, -0.1) is 0 Å². The molecule has 0 radical (unpaired) electrons. The standard InChI is InChI=1S/C26H45NO7SSe/c1-15(13-36-14-23(31)27-8-9-35(32,33)34)18-4-5-19-24-20(12-22(30)26(18,19)3)25(2)7-6-17(28)10-16(25)11-21(24)29/h15-22,24,28-30H,4-14H2,1-3H3,(H,27,31)(H,32,33,34). The number of aliphatic hydroxyl groups excluding tert-OH is 3. The maximum atomic E-state index is 12.1. The molecule has 0 spiro atoms. The number of carbonyl (C=O) groups is 1. The number of carbonyl (C=O) groups excluding carboxylic acids is 1. The van der Waals surface area contributed by atoms with Crippen molar-refractivity contribution in [2.24, 2.45) is 46.3 Å². The molecule has 0 aromatic heterocycles. The molecule has 11 atom stereocenters. The molecule has 0 bridgehead atoms. The molecule has 0 heterocycles. The summed E-state index contributed by atoms with van der Waals surface area (Å²) in [6.07, 6.45) is 5.03. The molecular formula is C26H45NO7SSe. The Labute approximate surface area is 222 Å². The Kier molecular flexibility index (Phi) is 8.59. The summed E-state index contributed by atoms with van der Waals surface area (Å²) < 4.78 is 30.4. The molecule has 8 nitrogen and oxygen atoms in total. The fraction of sp³-hybridized carbons (Fsp3) is 0.962. The second kappa shape index (κ2) is 10.7. The van der Waals surface area contributed by atoms with E-state index in [0.717, 1.165) is 50.3 Å². The number of aliphatic hydroxyl groups is 3. The Hall–Kier alpha value is -0.221. The van der Waals surface area contributed by atoms with Crippen molar-refractivity contribution < 1.29 is 33.1 Å². The van der Waals surface area contributed by atoms with Gasteiger partial charge in [0.1, 0.15) is 0 Å². The van der Waals surface area contributed by atoms with Crippen molar-refractivity contribution in [3.63, 3.8) is 0 Å². The van der Waals surface area contributed by atoms with Crippen molar-refractivity contribution in [3.8, 4) is 0 Å². The molecule has 0 aromatic carbocycles. The second-order valence-electron chi connectivity index (χ2n) is 12.7. The van der Waals surface area contributed by atoms with Crippen LogP contribution >= 0.6 is 0 Å². The normalized spacial score (nSPS) is 45.3. The first-order valence-corrected chi connectivity index (χ1v) is 17.6. The van der Waals surface area contributed by atoms with E-state index in [0.29, 0.717) is 23.1 Å². The van der Waals surface area contributed by atoms with Crippen molar-refractivity contribution in [3.05, 3.63) is 0 Å². The minimum absolute atomic E-state index is 0.0617. The first kappa shape index (κ1) is 28.8. The first-order chi connectivity index (χ1) is 16.8. The van der Waals surface area contributed by atoms with Crippen LogP contribution in [0.25, 0.3) is 0 Å². The van der Waals surface area contributed by atoms with Crippen LogP contribution in [0.2, 0.25) is 10.6 Å². The van der Waals surface area contributed by atoms with E-state index in [2.05, 4.69) is 26.1 Å². The average molecular weight is 595 g/mol. The van der Waals surface area contributed by atoms with E-state index < -0.39 is 22.0 Å². The number of hydrogen-bond donors (Lipinski definition) is 5. The Balaban J connectivity index is 1.39. The second-order valence-corrected chi connectivity index (χ2v) is 16.4. The summed E-state index contributed by atoms with van der Waals surface area (Å²) in [7, 11) is -4.08. The van der Waals surface area contributed by atoms with Crippen LogP contribution in [0.5, 0.6) is 0 Å². The summed E-state index contributed by atoms with van der Waals surface area (Å²) in [6, 6.07) is 0. The average Bonchev–Trinajstić information content (AvgIpc) is 3.13. The molecule has 5 N–H and O–H groups in total. The van der Waals surface area contributed by atoms with Gasteiger partial charge in [0.2, 0.25) is 0 Å². The van der Waals surface area contributed by atoms with E-state index in [9.17, 15) is 28.5 Å². The summed E-state index contributed by atoms with van der Waals surface area (Å²) in [5.41, 5.74) is -0.173. The van der Waals surface area contributed by atoms with Gasteiger partial charge in [-0.05, 0) is 0 Å². The van der Waals surface area contributed by atoms with Crippen molar-refractivity contribution in [1.82, 2.24) is 5.32 Å². The van der Waals surface area contributed by atoms with Gasteiger partial charge >= 0.3 is 223 Å². The molecule has 4 aliphatic carbocycles. The number of fused-ring (bicyclic) bond motifs is 5. The van der Waals surface area contributed by atoms with Crippen LogP contribution in [0, 0.1) is 46.3 Å². The molecule has 0 saturated heterocycles. The first-order valence-electron chi connectivity index (χ1n) is 13.6. The van der Waals surface area contributed by atoms with Gasteiger partial charge in [-0.3, -0.25) is 0 Å². The van der Waals surface area contributed by atoms with E-state index in [1.165, 1.54) is 0 Å². The van der Waals surface area contributed by atoms with E-state index in [-0.39, 0.29) is 68.2 Å². The fourth-order valence-corrected chi connectivity index (χ4v) is 11.4. The van der Waals surface area contributed by atoms with Gasteiger partial charge in [0.05, 0.1) is 0 Å². The molecule has 4 fully saturated rings. The van der Waals surface area contributed by atoms with Crippen molar-refractivity contribution in [2.75, 3.05) is 12.3 Å². The predicted octanol–water partition coefficient (Wildman–Crippen LogP) is 2.13. The summed E-state index contributed by atoms with van der Waals surface area (Å²) in [5.74, 6) is 1.12. The Bertz CT molecular complexity index is 918. The van der Waals surface area contributed by atoms with E-state index in [1.807, 2.05) is 0 Å². The molecule has 1 amide bonds. The molecule has 4 saturated carbocycles. The zero-order chi connectivity index (χ0) is 26.5. The van der Waals surface area contributed by atoms with Crippen molar-refractivity contribution >= 4 is 31.0 Å². The van der Waals surface area contributed by atoms with E-state index in [1.54, 1.807) is 0 Å². The summed E-state index contributed by atoms with van der Waals surface area (Å²) in [4.78, 5) is 12.1. The molecule has 4 rings (SSSR count). The molecule has 4 aliphatic rings.